The molecule has 1 fully saturated rings. The highest BCUT2D eigenvalue weighted by Crippen LogP contribution is 2.37. The molecule has 1 aromatic heterocycles. The van der Waals surface area contributed by atoms with Crippen molar-refractivity contribution in [2.75, 3.05) is 51.0 Å². The van der Waals surface area contributed by atoms with Crippen LogP contribution in [0.25, 0.3) is 10.9 Å². The van der Waals surface area contributed by atoms with Crippen LogP contribution in [0.1, 0.15) is 30.0 Å². The highest BCUT2D eigenvalue weighted by atomic mass is 35.5. The van der Waals surface area contributed by atoms with Gasteiger partial charge in [-0.1, -0.05) is 24.3 Å². The maximum absolute atomic E-state index is 15.1. The van der Waals surface area contributed by atoms with Gasteiger partial charge in [-0.2, -0.15) is 4.98 Å². The summed E-state index contributed by atoms with van der Waals surface area (Å²) in [4.78, 5) is 25.0. The van der Waals surface area contributed by atoms with Crippen LogP contribution < -0.4 is 25.8 Å². The van der Waals surface area contributed by atoms with Gasteiger partial charge in [0.25, 0.3) is 6.43 Å². The SMILES string of the molecule is COc1cc2c(N)nc(N3CCN(C(=O)CC(N)c4ccc(C(F)F)cc4)CC3)nc2c(F)c1OC.Cl. The first kappa shape index (κ1) is 28.1. The zero-order chi connectivity index (χ0) is 26.0. The maximum Gasteiger partial charge on any atom is 0.263 e. The molecule has 3 aromatic rings. The summed E-state index contributed by atoms with van der Waals surface area (Å²) in [6, 6.07) is 6.57. The number of rotatable bonds is 7. The van der Waals surface area contributed by atoms with Crippen LogP contribution in [-0.2, 0) is 4.79 Å². The highest BCUT2D eigenvalue weighted by Gasteiger charge is 2.26. The van der Waals surface area contributed by atoms with E-state index in [-0.39, 0.29) is 59.1 Å². The van der Waals surface area contributed by atoms with Gasteiger partial charge >= 0.3 is 0 Å². The largest absolute Gasteiger partial charge is 0.493 e. The predicted octanol–water partition coefficient (Wildman–Crippen LogP) is 3.47. The third-order valence-corrected chi connectivity index (χ3v) is 6.22. The van der Waals surface area contributed by atoms with Crippen LogP contribution in [0.5, 0.6) is 11.5 Å². The molecule has 2 aromatic carbocycles. The number of hydrogen-bond acceptors (Lipinski definition) is 8. The molecule has 1 saturated heterocycles. The first-order chi connectivity index (χ1) is 17.2. The van der Waals surface area contributed by atoms with Gasteiger partial charge in [0.15, 0.2) is 17.3 Å². The van der Waals surface area contributed by atoms with Gasteiger partial charge in [0.2, 0.25) is 11.9 Å². The second-order valence-electron chi connectivity index (χ2n) is 8.38. The van der Waals surface area contributed by atoms with Crippen LogP contribution in [0.3, 0.4) is 0 Å². The fourth-order valence-electron chi connectivity index (χ4n) is 4.16. The van der Waals surface area contributed by atoms with Crippen molar-refractivity contribution in [3.63, 3.8) is 0 Å². The standard InChI is InChI=1S/C24H27F3N6O3.ClH/c1-35-17-11-15-20(19(25)21(17)36-2)30-24(31-23(15)29)33-9-7-32(8-10-33)18(34)12-16(28)13-3-5-14(6-4-13)22(26)27;/h3-6,11,16,22H,7-10,12,28H2,1-2H3,(H2,29,30,31);1H. The molecule has 37 heavy (non-hydrogen) atoms. The van der Waals surface area contributed by atoms with Gasteiger partial charge in [-0.15, -0.1) is 12.4 Å². The van der Waals surface area contributed by atoms with Crippen molar-refractivity contribution in [2.24, 2.45) is 5.73 Å². The van der Waals surface area contributed by atoms with E-state index in [1.165, 1.54) is 44.6 Å². The Labute approximate surface area is 217 Å². The minimum Gasteiger partial charge on any atom is -0.493 e. The Morgan fingerprint density at radius 3 is 2.24 bits per heavy atom. The first-order valence-corrected chi connectivity index (χ1v) is 11.3. The number of piperazine rings is 1. The van der Waals surface area contributed by atoms with Gasteiger partial charge in [0.05, 0.1) is 14.2 Å². The summed E-state index contributed by atoms with van der Waals surface area (Å²) in [7, 11) is 2.73. The summed E-state index contributed by atoms with van der Waals surface area (Å²) in [5.74, 6) is -0.412. The number of alkyl halides is 2. The zero-order valence-corrected chi connectivity index (χ0v) is 21.1. The summed E-state index contributed by atoms with van der Waals surface area (Å²) in [5, 5.41) is 0.304. The lowest BCUT2D eigenvalue weighted by Crippen LogP contribution is -2.49. The number of hydrogen-bond donors (Lipinski definition) is 2. The second kappa shape index (κ2) is 11.7. The predicted molar refractivity (Wildman–Crippen MR) is 136 cm³/mol. The Kier molecular flexibility index (Phi) is 8.87. The van der Waals surface area contributed by atoms with E-state index in [1.807, 2.05) is 4.90 Å². The van der Waals surface area contributed by atoms with Gasteiger partial charge in [0.1, 0.15) is 11.3 Å². The number of fused-ring (bicyclic) bond motifs is 1. The number of nitrogens with zero attached hydrogens (tertiary/aromatic N) is 4. The number of benzene rings is 2. The third-order valence-electron chi connectivity index (χ3n) is 6.22. The van der Waals surface area contributed by atoms with Gasteiger partial charge in [-0.05, 0) is 11.6 Å². The van der Waals surface area contributed by atoms with Crippen LogP contribution in [-0.4, -0.2) is 61.2 Å². The minimum absolute atomic E-state index is 0. The molecule has 13 heteroatoms. The van der Waals surface area contributed by atoms with Gasteiger partial charge < -0.3 is 30.7 Å². The molecular formula is C24H28ClF3N6O3. The molecule has 9 nitrogen and oxygen atoms in total. The van der Waals surface area contributed by atoms with Crippen LogP contribution in [0, 0.1) is 5.82 Å². The molecule has 1 amide bonds. The Morgan fingerprint density at radius 2 is 1.68 bits per heavy atom. The lowest BCUT2D eigenvalue weighted by Gasteiger charge is -2.35. The number of carbonyl (C=O) groups is 1. The zero-order valence-electron chi connectivity index (χ0n) is 20.3. The van der Waals surface area contributed by atoms with Crippen LogP contribution in [0.2, 0.25) is 0 Å². The van der Waals surface area contributed by atoms with Gasteiger partial charge in [-0.3, -0.25) is 4.79 Å². The molecule has 1 aliphatic heterocycles. The molecule has 200 valence electrons. The number of ether oxygens (including phenoxy) is 2. The number of nitrogen functional groups attached to an aromatic ring is 1. The van der Waals surface area contributed by atoms with Crippen molar-refractivity contribution in [3.8, 4) is 11.5 Å². The van der Waals surface area contributed by atoms with Crippen LogP contribution >= 0.6 is 12.4 Å². The quantitative estimate of drug-likeness (QED) is 0.467. The Morgan fingerprint density at radius 1 is 1.05 bits per heavy atom. The number of nitrogens with two attached hydrogens (primary N) is 2. The molecule has 0 bridgehead atoms. The topological polar surface area (TPSA) is 120 Å². The van der Waals surface area contributed by atoms with Crippen LogP contribution in [0.4, 0.5) is 24.9 Å². The number of aromatic nitrogens is 2. The van der Waals surface area contributed by atoms with E-state index >= 15 is 4.39 Å². The Bertz CT molecular complexity index is 1260. The van der Waals surface area contributed by atoms with Crippen molar-refractivity contribution in [2.45, 2.75) is 18.9 Å². The third kappa shape index (κ3) is 5.75. The van der Waals surface area contributed by atoms with E-state index in [4.69, 9.17) is 20.9 Å². The number of amides is 1. The van der Waals surface area contributed by atoms with Crippen LogP contribution in [0.15, 0.2) is 30.3 Å². The second-order valence-corrected chi connectivity index (χ2v) is 8.38. The number of halogens is 4. The molecule has 0 saturated carbocycles. The van der Waals surface area contributed by atoms with Crippen molar-refractivity contribution < 1.29 is 27.4 Å². The Balaban J connectivity index is 0.00000380. The number of methoxy groups -OCH3 is 2. The first-order valence-electron chi connectivity index (χ1n) is 11.3. The molecule has 1 aliphatic rings. The number of anilines is 2. The van der Waals surface area contributed by atoms with Gasteiger partial charge in [-0.25, -0.2) is 18.2 Å². The Hall–Kier alpha value is -3.51. The molecule has 4 rings (SSSR count). The fourth-order valence-corrected chi connectivity index (χ4v) is 4.16. The van der Waals surface area contributed by atoms with Crippen molar-refractivity contribution >= 4 is 41.0 Å². The molecule has 2 heterocycles. The maximum atomic E-state index is 15.1. The van der Waals surface area contributed by atoms with Crippen molar-refractivity contribution in [1.82, 2.24) is 14.9 Å². The van der Waals surface area contributed by atoms with E-state index in [2.05, 4.69) is 9.97 Å². The van der Waals surface area contributed by atoms with E-state index in [0.29, 0.717) is 37.1 Å². The van der Waals surface area contributed by atoms with Crippen molar-refractivity contribution in [1.29, 1.82) is 0 Å². The number of carbonyl (C=O) groups excluding carboxylic acids is 1. The minimum atomic E-state index is -2.56. The molecule has 4 N–H and O–H groups in total. The normalized spacial score (nSPS) is 14.5. The fraction of sp³-hybridized carbons (Fsp3) is 0.375. The monoisotopic (exact) mass is 540 g/mol. The summed E-state index contributed by atoms with van der Waals surface area (Å²) >= 11 is 0. The van der Waals surface area contributed by atoms with Gasteiger partial charge in [0, 0.05) is 49.6 Å². The lowest BCUT2D eigenvalue weighted by atomic mass is 10.0. The summed E-state index contributed by atoms with van der Waals surface area (Å²) in [6.07, 6.45) is -2.52. The van der Waals surface area contributed by atoms with E-state index in [0.717, 1.165) is 0 Å². The smallest absolute Gasteiger partial charge is 0.263 e. The molecule has 0 spiro atoms. The van der Waals surface area contributed by atoms with E-state index in [1.54, 1.807) is 4.90 Å². The lowest BCUT2D eigenvalue weighted by molar-refractivity contribution is -0.131. The van der Waals surface area contributed by atoms with E-state index in [9.17, 15) is 13.6 Å². The highest BCUT2D eigenvalue weighted by molar-refractivity contribution is 5.92. The van der Waals surface area contributed by atoms with Crippen molar-refractivity contribution in [3.05, 3.63) is 47.3 Å². The average molecular weight is 541 g/mol. The summed E-state index contributed by atoms with van der Waals surface area (Å²) < 4.78 is 50.8. The molecular weight excluding hydrogens is 513 g/mol. The molecule has 1 atom stereocenters. The molecule has 0 radical (unpaired) electrons. The van der Waals surface area contributed by atoms with E-state index < -0.39 is 18.3 Å². The molecule has 1 unspecified atom stereocenters. The summed E-state index contributed by atoms with van der Waals surface area (Å²) in [5.41, 5.74) is 12.8. The summed E-state index contributed by atoms with van der Waals surface area (Å²) in [6.45, 7) is 1.57. The average Bonchev–Trinajstić information content (AvgIpc) is 2.88. The molecule has 0 aliphatic carbocycles.